The summed E-state index contributed by atoms with van der Waals surface area (Å²) in [6, 6.07) is 14.6. The zero-order chi connectivity index (χ0) is 12.5. The first kappa shape index (κ1) is 11.0. The van der Waals surface area contributed by atoms with Gasteiger partial charge < -0.3 is 5.73 Å². The van der Waals surface area contributed by atoms with Crippen LogP contribution in [0.3, 0.4) is 0 Å². The van der Waals surface area contributed by atoms with Gasteiger partial charge in [0.25, 0.3) is 0 Å². The number of fused-ring (bicyclic) bond motifs is 1. The SMILES string of the molecule is Cn1cc(CN)c(-c2cccc3ccccc23)n1. The van der Waals surface area contributed by atoms with E-state index in [9.17, 15) is 0 Å². The van der Waals surface area contributed by atoms with Crippen molar-refractivity contribution in [3.8, 4) is 11.3 Å². The monoisotopic (exact) mass is 237 g/mol. The van der Waals surface area contributed by atoms with E-state index in [1.807, 2.05) is 24.0 Å². The first-order valence-corrected chi connectivity index (χ1v) is 6.00. The number of nitrogens with two attached hydrogens (primary N) is 1. The molecule has 0 aliphatic heterocycles. The summed E-state index contributed by atoms with van der Waals surface area (Å²) in [5, 5.41) is 6.98. The van der Waals surface area contributed by atoms with Crippen molar-refractivity contribution in [2.24, 2.45) is 12.8 Å². The van der Waals surface area contributed by atoms with Gasteiger partial charge in [-0.15, -0.1) is 0 Å². The number of hydrogen-bond acceptors (Lipinski definition) is 2. The van der Waals surface area contributed by atoms with Crippen LogP contribution in [0.25, 0.3) is 22.0 Å². The summed E-state index contributed by atoms with van der Waals surface area (Å²) >= 11 is 0. The van der Waals surface area contributed by atoms with Crippen LogP contribution in [-0.4, -0.2) is 9.78 Å². The van der Waals surface area contributed by atoms with Gasteiger partial charge >= 0.3 is 0 Å². The lowest BCUT2D eigenvalue weighted by Crippen LogP contribution is -1.96. The van der Waals surface area contributed by atoms with Crippen LogP contribution in [0.1, 0.15) is 5.56 Å². The molecule has 0 aliphatic carbocycles. The molecule has 0 unspecified atom stereocenters. The molecule has 0 fully saturated rings. The molecule has 2 aromatic carbocycles. The van der Waals surface area contributed by atoms with E-state index in [2.05, 4.69) is 41.5 Å². The van der Waals surface area contributed by atoms with Gasteiger partial charge in [-0.3, -0.25) is 4.68 Å². The molecule has 3 aromatic rings. The van der Waals surface area contributed by atoms with Crippen molar-refractivity contribution in [3.05, 3.63) is 54.2 Å². The Morgan fingerprint density at radius 1 is 1.11 bits per heavy atom. The van der Waals surface area contributed by atoms with Gasteiger partial charge in [0.2, 0.25) is 0 Å². The smallest absolute Gasteiger partial charge is 0.0974 e. The first-order chi connectivity index (χ1) is 8.79. The van der Waals surface area contributed by atoms with Gasteiger partial charge in [0.15, 0.2) is 0 Å². The summed E-state index contributed by atoms with van der Waals surface area (Å²) in [6.07, 6.45) is 1.98. The lowest BCUT2D eigenvalue weighted by atomic mass is 10.0. The Hall–Kier alpha value is -2.13. The first-order valence-electron chi connectivity index (χ1n) is 6.00. The number of aromatic nitrogens is 2. The predicted octanol–water partition coefficient (Wildman–Crippen LogP) is 2.70. The molecule has 2 N–H and O–H groups in total. The average molecular weight is 237 g/mol. The minimum atomic E-state index is 0.506. The molecule has 90 valence electrons. The number of rotatable bonds is 2. The molecule has 3 heteroatoms. The summed E-state index contributed by atoms with van der Waals surface area (Å²) in [5.74, 6) is 0. The highest BCUT2D eigenvalue weighted by Crippen LogP contribution is 2.29. The summed E-state index contributed by atoms with van der Waals surface area (Å²) in [4.78, 5) is 0. The standard InChI is InChI=1S/C15H15N3/c1-18-10-12(9-16)15(17-18)14-8-4-6-11-5-2-3-7-13(11)14/h2-8,10H,9,16H2,1H3. The molecule has 1 aromatic heterocycles. The number of aryl methyl sites for hydroxylation is 1. The van der Waals surface area contributed by atoms with Crippen molar-refractivity contribution < 1.29 is 0 Å². The Morgan fingerprint density at radius 2 is 1.89 bits per heavy atom. The van der Waals surface area contributed by atoms with Crippen LogP contribution in [0.15, 0.2) is 48.7 Å². The molecule has 3 nitrogen and oxygen atoms in total. The van der Waals surface area contributed by atoms with Crippen LogP contribution >= 0.6 is 0 Å². The molecule has 1 heterocycles. The van der Waals surface area contributed by atoms with Crippen LogP contribution < -0.4 is 5.73 Å². The maximum atomic E-state index is 5.79. The maximum Gasteiger partial charge on any atom is 0.0974 e. The van der Waals surface area contributed by atoms with Gasteiger partial charge in [-0.2, -0.15) is 5.10 Å². The summed E-state index contributed by atoms with van der Waals surface area (Å²) in [6.45, 7) is 0.506. The molecule has 0 saturated carbocycles. The predicted molar refractivity (Wildman–Crippen MR) is 74.0 cm³/mol. The van der Waals surface area contributed by atoms with E-state index in [0.717, 1.165) is 16.8 Å². The van der Waals surface area contributed by atoms with E-state index in [0.29, 0.717) is 6.54 Å². The second kappa shape index (κ2) is 4.27. The maximum absolute atomic E-state index is 5.79. The highest BCUT2D eigenvalue weighted by atomic mass is 15.3. The van der Waals surface area contributed by atoms with Gasteiger partial charge in [-0.05, 0) is 10.8 Å². The van der Waals surface area contributed by atoms with Crippen molar-refractivity contribution in [2.45, 2.75) is 6.54 Å². The molecule has 0 atom stereocenters. The van der Waals surface area contributed by atoms with Gasteiger partial charge in [0.1, 0.15) is 0 Å². The van der Waals surface area contributed by atoms with Gasteiger partial charge in [0.05, 0.1) is 5.69 Å². The molecular weight excluding hydrogens is 222 g/mol. The van der Waals surface area contributed by atoms with E-state index >= 15 is 0 Å². The van der Waals surface area contributed by atoms with Crippen LogP contribution in [0.4, 0.5) is 0 Å². The van der Waals surface area contributed by atoms with E-state index in [1.54, 1.807) is 0 Å². The van der Waals surface area contributed by atoms with Crippen molar-refractivity contribution >= 4 is 10.8 Å². The minimum absolute atomic E-state index is 0.506. The van der Waals surface area contributed by atoms with Crippen LogP contribution in [0.2, 0.25) is 0 Å². The molecule has 0 saturated heterocycles. The Balaban J connectivity index is 2.31. The molecular formula is C15H15N3. The quantitative estimate of drug-likeness (QED) is 0.744. The van der Waals surface area contributed by atoms with Gasteiger partial charge in [-0.1, -0.05) is 42.5 Å². The second-order valence-corrected chi connectivity index (χ2v) is 4.41. The normalized spacial score (nSPS) is 11.0. The Kier molecular flexibility index (Phi) is 2.61. The second-order valence-electron chi connectivity index (χ2n) is 4.41. The van der Waals surface area contributed by atoms with Crippen LogP contribution in [0, 0.1) is 0 Å². The fourth-order valence-electron chi connectivity index (χ4n) is 2.35. The lowest BCUT2D eigenvalue weighted by Gasteiger charge is -2.05. The highest BCUT2D eigenvalue weighted by molar-refractivity contribution is 5.96. The Labute approximate surface area is 106 Å². The van der Waals surface area contributed by atoms with Crippen molar-refractivity contribution in [2.75, 3.05) is 0 Å². The molecule has 0 aliphatic rings. The third kappa shape index (κ3) is 1.69. The summed E-state index contributed by atoms with van der Waals surface area (Å²) in [5.41, 5.74) is 9.00. The molecule has 0 radical (unpaired) electrons. The fourth-order valence-corrected chi connectivity index (χ4v) is 2.35. The average Bonchev–Trinajstić information content (AvgIpc) is 2.79. The molecule has 18 heavy (non-hydrogen) atoms. The zero-order valence-corrected chi connectivity index (χ0v) is 10.3. The molecule has 3 rings (SSSR count). The number of hydrogen-bond donors (Lipinski definition) is 1. The van der Waals surface area contributed by atoms with E-state index in [1.165, 1.54) is 10.8 Å². The fraction of sp³-hybridized carbons (Fsp3) is 0.133. The Bertz CT molecular complexity index is 693. The summed E-state index contributed by atoms with van der Waals surface area (Å²) in [7, 11) is 1.92. The topological polar surface area (TPSA) is 43.8 Å². The van der Waals surface area contributed by atoms with Gasteiger partial charge in [-0.25, -0.2) is 0 Å². The largest absolute Gasteiger partial charge is 0.326 e. The molecule has 0 spiro atoms. The van der Waals surface area contributed by atoms with Crippen molar-refractivity contribution in [3.63, 3.8) is 0 Å². The van der Waals surface area contributed by atoms with Crippen LogP contribution in [-0.2, 0) is 13.6 Å². The third-order valence-corrected chi connectivity index (χ3v) is 3.17. The number of nitrogens with zero attached hydrogens (tertiary/aromatic N) is 2. The van der Waals surface area contributed by atoms with Crippen LogP contribution in [0.5, 0.6) is 0 Å². The van der Waals surface area contributed by atoms with Gasteiger partial charge in [0, 0.05) is 30.9 Å². The van der Waals surface area contributed by atoms with Crippen molar-refractivity contribution in [1.82, 2.24) is 9.78 Å². The molecule has 0 bridgehead atoms. The van der Waals surface area contributed by atoms with Crippen molar-refractivity contribution in [1.29, 1.82) is 0 Å². The number of benzene rings is 2. The molecule has 0 amide bonds. The highest BCUT2D eigenvalue weighted by Gasteiger charge is 2.11. The zero-order valence-electron chi connectivity index (χ0n) is 10.3. The Morgan fingerprint density at radius 3 is 2.72 bits per heavy atom. The minimum Gasteiger partial charge on any atom is -0.326 e. The summed E-state index contributed by atoms with van der Waals surface area (Å²) < 4.78 is 1.82. The lowest BCUT2D eigenvalue weighted by molar-refractivity contribution is 0.770. The van der Waals surface area contributed by atoms with E-state index in [4.69, 9.17) is 5.73 Å². The third-order valence-electron chi connectivity index (χ3n) is 3.17. The van der Waals surface area contributed by atoms with E-state index < -0.39 is 0 Å². The van der Waals surface area contributed by atoms with E-state index in [-0.39, 0.29) is 0 Å².